The fraction of sp³-hybridized carbons (Fsp3) is 0.381. The van der Waals surface area contributed by atoms with Crippen LogP contribution in [0.25, 0.3) is 0 Å². The Kier molecular flexibility index (Phi) is 5.74. The third kappa shape index (κ3) is 4.64. The van der Waals surface area contributed by atoms with Crippen molar-refractivity contribution in [2.45, 2.75) is 32.6 Å². The lowest BCUT2D eigenvalue weighted by molar-refractivity contribution is -0.131. The summed E-state index contributed by atoms with van der Waals surface area (Å²) in [6.45, 7) is 3.05. The van der Waals surface area contributed by atoms with E-state index < -0.39 is 0 Å². The minimum Gasteiger partial charge on any atom is -0.369 e. The first kappa shape index (κ1) is 18.9. The summed E-state index contributed by atoms with van der Waals surface area (Å²) < 4.78 is 0. The molecular weight excluding hydrogens is 342 g/mol. The number of nitrogens with zero attached hydrogens (tertiary/aromatic N) is 1. The molecule has 0 spiro atoms. The molecule has 142 valence electrons. The van der Waals surface area contributed by atoms with Crippen LogP contribution in [0, 0.1) is 12.8 Å². The largest absolute Gasteiger partial charge is 0.369 e. The second-order valence-corrected chi connectivity index (χ2v) is 7.16. The molecule has 1 heterocycles. The topological polar surface area (TPSA) is 92.5 Å². The first-order valence-corrected chi connectivity index (χ1v) is 9.31. The summed E-state index contributed by atoms with van der Waals surface area (Å²) in [5.74, 6) is -0.636. The zero-order chi connectivity index (χ0) is 19.4. The van der Waals surface area contributed by atoms with Gasteiger partial charge in [-0.1, -0.05) is 23.8 Å². The lowest BCUT2D eigenvalue weighted by Gasteiger charge is -2.31. The lowest BCUT2D eigenvalue weighted by atomic mass is 9.94. The smallest absolute Gasteiger partial charge is 0.255 e. The number of piperidine rings is 1. The number of carbonyl (C=O) groups is 3. The molecular formula is C21H25N3O3. The Morgan fingerprint density at radius 3 is 2.41 bits per heavy atom. The minimum atomic E-state index is -0.289. The number of hydrogen-bond acceptors (Lipinski definition) is 3. The molecule has 27 heavy (non-hydrogen) atoms. The van der Waals surface area contributed by atoms with Gasteiger partial charge in [0.15, 0.2) is 0 Å². The van der Waals surface area contributed by atoms with Crippen LogP contribution < -0.4 is 11.1 Å². The van der Waals surface area contributed by atoms with E-state index in [4.69, 9.17) is 5.73 Å². The summed E-state index contributed by atoms with van der Waals surface area (Å²) in [6.07, 6.45) is 6.28. The molecule has 2 aliphatic rings. The fourth-order valence-electron chi connectivity index (χ4n) is 3.44. The number of hydrogen-bond donors (Lipinski definition) is 2. The first-order valence-electron chi connectivity index (χ1n) is 9.31. The second kappa shape index (κ2) is 8.20. The summed E-state index contributed by atoms with van der Waals surface area (Å²) in [4.78, 5) is 38.2. The molecule has 1 saturated heterocycles. The van der Waals surface area contributed by atoms with Crippen LogP contribution in [-0.2, 0) is 9.59 Å². The molecule has 6 nitrogen and oxygen atoms in total. The number of nitrogens with two attached hydrogens (primary N) is 1. The van der Waals surface area contributed by atoms with Crippen LogP contribution in [0.3, 0.4) is 0 Å². The van der Waals surface area contributed by atoms with Crippen LogP contribution >= 0.6 is 0 Å². The van der Waals surface area contributed by atoms with Crippen LogP contribution in [0.2, 0.25) is 0 Å². The van der Waals surface area contributed by atoms with Crippen molar-refractivity contribution in [3.05, 3.63) is 58.8 Å². The van der Waals surface area contributed by atoms with E-state index in [-0.39, 0.29) is 23.6 Å². The molecule has 3 N–H and O–H groups in total. The molecule has 0 radical (unpaired) electrons. The number of benzene rings is 1. The Morgan fingerprint density at radius 2 is 1.78 bits per heavy atom. The summed E-state index contributed by atoms with van der Waals surface area (Å²) in [7, 11) is 0. The minimum absolute atomic E-state index is 0.0203. The van der Waals surface area contributed by atoms with Gasteiger partial charge in [-0.15, -0.1) is 0 Å². The van der Waals surface area contributed by atoms with E-state index in [2.05, 4.69) is 5.32 Å². The zero-order valence-electron chi connectivity index (χ0n) is 15.5. The average molecular weight is 367 g/mol. The highest BCUT2D eigenvalue weighted by Gasteiger charge is 2.27. The number of amides is 3. The number of aryl methyl sites for hydroxylation is 1. The highest BCUT2D eigenvalue weighted by molar-refractivity contribution is 5.97. The van der Waals surface area contributed by atoms with Gasteiger partial charge < -0.3 is 16.0 Å². The van der Waals surface area contributed by atoms with Crippen LogP contribution in [0.4, 0.5) is 0 Å². The molecule has 3 amide bonds. The van der Waals surface area contributed by atoms with Crippen molar-refractivity contribution in [1.82, 2.24) is 10.2 Å². The van der Waals surface area contributed by atoms with Gasteiger partial charge in [0.05, 0.1) is 0 Å². The van der Waals surface area contributed by atoms with Gasteiger partial charge in [-0.2, -0.15) is 0 Å². The highest BCUT2D eigenvalue weighted by atomic mass is 16.2. The van der Waals surface area contributed by atoms with Crippen LogP contribution in [0.15, 0.2) is 47.7 Å². The number of primary amides is 1. The molecule has 1 fully saturated rings. The van der Waals surface area contributed by atoms with Gasteiger partial charge in [-0.25, -0.2) is 0 Å². The van der Waals surface area contributed by atoms with Crippen molar-refractivity contribution in [3.63, 3.8) is 0 Å². The van der Waals surface area contributed by atoms with E-state index in [1.807, 2.05) is 25.1 Å². The van der Waals surface area contributed by atoms with Crippen LogP contribution in [0.5, 0.6) is 0 Å². The first-order chi connectivity index (χ1) is 12.9. The number of rotatable bonds is 4. The van der Waals surface area contributed by atoms with E-state index in [9.17, 15) is 14.4 Å². The van der Waals surface area contributed by atoms with E-state index in [1.165, 1.54) is 0 Å². The Balaban J connectivity index is 1.62. The van der Waals surface area contributed by atoms with E-state index in [1.54, 1.807) is 23.1 Å². The third-order valence-electron chi connectivity index (χ3n) is 5.14. The molecule has 1 aliphatic carbocycles. The van der Waals surface area contributed by atoms with Gasteiger partial charge in [0.1, 0.15) is 0 Å². The Bertz CT molecular complexity index is 800. The molecule has 0 bridgehead atoms. The number of nitrogens with one attached hydrogen (secondary N) is 1. The number of carbonyl (C=O) groups excluding carboxylic acids is 3. The Hall–Kier alpha value is -2.89. The van der Waals surface area contributed by atoms with E-state index in [0.29, 0.717) is 55.6 Å². The molecule has 0 aromatic heterocycles. The highest BCUT2D eigenvalue weighted by Crippen LogP contribution is 2.23. The number of likely N-dealkylation sites (tertiary alicyclic amines) is 1. The van der Waals surface area contributed by atoms with E-state index >= 15 is 0 Å². The van der Waals surface area contributed by atoms with Gasteiger partial charge in [0, 0.05) is 35.8 Å². The molecule has 6 heteroatoms. The summed E-state index contributed by atoms with van der Waals surface area (Å²) >= 11 is 0. The normalized spacial score (nSPS) is 17.7. The van der Waals surface area contributed by atoms with Gasteiger partial charge in [-0.05, 0) is 50.8 Å². The molecule has 1 aromatic rings. The average Bonchev–Trinajstić information content (AvgIpc) is 2.68. The summed E-state index contributed by atoms with van der Waals surface area (Å²) in [6, 6.07) is 7.36. The van der Waals surface area contributed by atoms with Crippen molar-refractivity contribution in [2.24, 2.45) is 11.7 Å². The second-order valence-electron chi connectivity index (χ2n) is 7.16. The quantitative estimate of drug-likeness (QED) is 0.853. The standard InChI is InChI=1S/C21H25N3O3/c1-14-5-7-16(8-6-14)20(26)23-18-4-2-3-17(13-18)21(27)24-11-9-15(10-12-24)19(22)25/h4-8,13,15H,2-3,9-12H2,1H3,(H2,22,25)(H,23,26). The maximum absolute atomic E-state index is 12.8. The van der Waals surface area contributed by atoms with Crippen LogP contribution in [0.1, 0.15) is 41.6 Å². The van der Waals surface area contributed by atoms with E-state index in [0.717, 1.165) is 5.56 Å². The lowest BCUT2D eigenvalue weighted by Crippen LogP contribution is -2.42. The molecule has 0 unspecified atom stereocenters. The van der Waals surface area contributed by atoms with Gasteiger partial charge in [-0.3, -0.25) is 14.4 Å². The third-order valence-corrected chi connectivity index (χ3v) is 5.14. The fourth-order valence-corrected chi connectivity index (χ4v) is 3.44. The Labute approximate surface area is 159 Å². The van der Waals surface area contributed by atoms with Gasteiger partial charge in [0.25, 0.3) is 5.91 Å². The van der Waals surface area contributed by atoms with Crippen molar-refractivity contribution in [2.75, 3.05) is 13.1 Å². The molecule has 0 atom stereocenters. The van der Waals surface area contributed by atoms with Gasteiger partial charge in [0.2, 0.25) is 11.8 Å². The maximum Gasteiger partial charge on any atom is 0.255 e. The SMILES string of the molecule is Cc1ccc(C(=O)NC2=CCCC(C(=O)N3CCC(C(N)=O)CC3)=C2)cc1. The Morgan fingerprint density at radius 1 is 1.11 bits per heavy atom. The molecule has 3 rings (SSSR count). The molecule has 1 aromatic carbocycles. The van der Waals surface area contributed by atoms with Crippen molar-refractivity contribution in [1.29, 1.82) is 0 Å². The van der Waals surface area contributed by atoms with Crippen molar-refractivity contribution >= 4 is 17.7 Å². The number of allylic oxidation sites excluding steroid dienone is 2. The molecule has 1 aliphatic heterocycles. The predicted octanol–water partition coefficient (Wildman–Crippen LogP) is 2.05. The summed E-state index contributed by atoms with van der Waals surface area (Å²) in [5.41, 5.74) is 8.37. The van der Waals surface area contributed by atoms with Crippen LogP contribution in [-0.4, -0.2) is 35.7 Å². The maximum atomic E-state index is 12.8. The van der Waals surface area contributed by atoms with Crippen molar-refractivity contribution in [3.8, 4) is 0 Å². The van der Waals surface area contributed by atoms with Crippen molar-refractivity contribution < 1.29 is 14.4 Å². The molecule has 0 saturated carbocycles. The monoisotopic (exact) mass is 367 g/mol. The predicted molar refractivity (Wildman–Crippen MR) is 103 cm³/mol. The zero-order valence-corrected chi connectivity index (χ0v) is 15.5. The van der Waals surface area contributed by atoms with Gasteiger partial charge >= 0.3 is 0 Å². The summed E-state index contributed by atoms with van der Waals surface area (Å²) in [5, 5.41) is 2.88.